The number of allylic oxidation sites excluding steroid dienone is 1. The predicted molar refractivity (Wildman–Crippen MR) is 38.7 cm³/mol. The smallest absolute Gasteiger partial charge is 0.445 e. The van der Waals surface area contributed by atoms with Crippen molar-refractivity contribution >= 4 is 11.9 Å². The molecule has 0 aromatic heterocycles. The van der Waals surface area contributed by atoms with E-state index >= 15 is 0 Å². The molecule has 9 heteroatoms. The predicted octanol–water partition coefficient (Wildman–Crippen LogP) is 1.87. The van der Waals surface area contributed by atoms with Crippen LogP contribution in [0.25, 0.3) is 0 Å². The molecule has 0 radical (unpaired) electrons. The lowest BCUT2D eigenvalue weighted by atomic mass is 9.88. The Kier molecular flexibility index (Phi) is 3.64. The molecule has 0 spiro atoms. The fraction of sp³-hybridized carbons (Fsp3) is 0.429. The average Bonchev–Trinajstić information content (AvgIpc) is 2.11. The first-order valence-electron chi connectivity index (χ1n) is 3.55. The molecule has 0 aliphatic rings. The first kappa shape index (κ1) is 14.3. The van der Waals surface area contributed by atoms with Gasteiger partial charge in [-0.3, -0.25) is 9.59 Å². The molecule has 0 atom stereocenters. The molecule has 0 aromatic carbocycles. The second kappa shape index (κ2) is 4.06. The third-order valence-electron chi connectivity index (χ3n) is 1.74. The molecule has 0 amide bonds. The lowest BCUT2D eigenvalue weighted by molar-refractivity contribution is -0.162. The zero-order valence-electron chi connectivity index (χ0n) is 7.60. The molecule has 0 unspecified atom stereocenters. The Morgan fingerprint density at radius 1 is 0.938 bits per heavy atom. The maximum absolute atomic E-state index is 12.9. The van der Waals surface area contributed by atoms with Crippen molar-refractivity contribution in [2.75, 3.05) is 0 Å². The van der Waals surface area contributed by atoms with E-state index in [0.717, 1.165) is 0 Å². The van der Waals surface area contributed by atoms with Gasteiger partial charge in [0.05, 0.1) is 0 Å². The van der Waals surface area contributed by atoms with Crippen molar-refractivity contribution in [1.82, 2.24) is 0 Å². The Bertz CT molecular complexity index is 342. The van der Waals surface area contributed by atoms with Crippen LogP contribution in [0.1, 0.15) is 6.92 Å². The minimum absolute atomic E-state index is 0.109. The van der Waals surface area contributed by atoms with Gasteiger partial charge in [-0.1, -0.05) is 0 Å². The van der Waals surface area contributed by atoms with Crippen molar-refractivity contribution in [2.45, 2.75) is 13.1 Å². The quantitative estimate of drug-likeness (QED) is 0.590. The van der Waals surface area contributed by atoms with Gasteiger partial charge in [0.1, 0.15) is 0 Å². The van der Waals surface area contributed by atoms with Gasteiger partial charge in [0.15, 0.2) is 5.83 Å². The minimum Gasteiger partial charge on any atom is -0.480 e. The largest absolute Gasteiger partial charge is 0.480 e. The Labute approximate surface area is 85.0 Å². The summed E-state index contributed by atoms with van der Waals surface area (Å²) >= 11 is 0. The van der Waals surface area contributed by atoms with Gasteiger partial charge in [0.2, 0.25) is 11.2 Å². The summed E-state index contributed by atoms with van der Waals surface area (Å²) < 4.78 is 60.3. The van der Waals surface area contributed by atoms with Crippen molar-refractivity contribution in [3.05, 3.63) is 11.7 Å². The molecule has 0 aromatic rings. The molecule has 0 heterocycles. The van der Waals surface area contributed by atoms with Crippen LogP contribution >= 0.6 is 0 Å². The van der Waals surface area contributed by atoms with Crippen molar-refractivity contribution in [3.63, 3.8) is 0 Å². The van der Waals surface area contributed by atoms with Gasteiger partial charge in [-0.15, -0.1) is 0 Å². The molecule has 4 nitrogen and oxygen atoms in total. The number of alkyl halides is 3. The van der Waals surface area contributed by atoms with Crippen LogP contribution in [0.2, 0.25) is 0 Å². The van der Waals surface area contributed by atoms with Crippen LogP contribution < -0.4 is 0 Å². The number of carbonyl (C=O) groups is 2. The molecule has 16 heavy (non-hydrogen) atoms. The van der Waals surface area contributed by atoms with Gasteiger partial charge in [-0.2, -0.15) is 17.6 Å². The van der Waals surface area contributed by atoms with E-state index in [1.165, 1.54) is 0 Å². The fourth-order valence-corrected chi connectivity index (χ4v) is 0.623. The summed E-state index contributed by atoms with van der Waals surface area (Å²) in [5.74, 6) is -11.2. The van der Waals surface area contributed by atoms with E-state index < -0.39 is 35.2 Å². The highest BCUT2D eigenvalue weighted by Crippen LogP contribution is 2.38. The summed E-state index contributed by atoms with van der Waals surface area (Å²) in [5.41, 5.74) is -3.61. The Balaban J connectivity index is 5.79. The van der Waals surface area contributed by atoms with Crippen LogP contribution in [0.5, 0.6) is 0 Å². The topological polar surface area (TPSA) is 74.6 Å². The molecule has 0 saturated carbocycles. The monoisotopic (exact) mass is 248 g/mol. The molecule has 2 N–H and O–H groups in total. The summed E-state index contributed by atoms with van der Waals surface area (Å²) in [6, 6.07) is 0. The number of aliphatic carboxylic acids is 2. The van der Waals surface area contributed by atoms with Crippen molar-refractivity contribution in [1.29, 1.82) is 0 Å². The maximum atomic E-state index is 12.9. The highest BCUT2D eigenvalue weighted by atomic mass is 19.4. The van der Waals surface area contributed by atoms with Crippen LogP contribution in [0.4, 0.5) is 22.0 Å². The zero-order valence-corrected chi connectivity index (χ0v) is 7.60. The molecule has 0 bridgehead atoms. The summed E-state index contributed by atoms with van der Waals surface area (Å²) in [6.07, 6.45) is -5.78. The molecule has 0 fully saturated rings. The number of carboxylic acid groups (broad SMARTS) is 2. The number of carboxylic acids is 2. The van der Waals surface area contributed by atoms with Crippen molar-refractivity contribution in [3.8, 4) is 0 Å². The first-order chi connectivity index (χ1) is 6.95. The number of halogens is 5. The highest BCUT2D eigenvalue weighted by Gasteiger charge is 2.52. The lowest BCUT2D eigenvalue weighted by Crippen LogP contribution is -2.38. The van der Waals surface area contributed by atoms with Gasteiger partial charge in [-0.25, -0.2) is 4.39 Å². The van der Waals surface area contributed by atoms with E-state index in [1.807, 2.05) is 0 Å². The molecule has 0 saturated heterocycles. The average molecular weight is 248 g/mol. The third kappa shape index (κ3) is 2.28. The van der Waals surface area contributed by atoms with Gasteiger partial charge < -0.3 is 10.2 Å². The number of hydrogen-bond acceptors (Lipinski definition) is 2. The standard InChI is InChI=1S/C7H5F5O4/c1-6(4(13)14,5(15)16)2(8)3(9)7(10,11)12/h1H3,(H,13,14)(H,15,16). The van der Waals surface area contributed by atoms with Crippen molar-refractivity contribution in [2.24, 2.45) is 5.41 Å². The Morgan fingerprint density at radius 2 is 1.25 bits per heavy atom. The Hall–Kier alpha value is -1.67. The van der Waals surface area contributed by atoms with Gasteiger partial charge in [0.25, 0.3) is 0 Å². The van der Waals surface area contributed by atoms with E-state index in [1.54, 1.807) is 0 Å². The molecule has 0 aliphatic carbocycles. The lowest BCUT2D eigenvalue weighted by Gasteiger charge is -2.18. The van der Waals surface area contributed by atoms with Crippen LogP contribution in [0, 0.1) is 5.41 Å². The highest BCUT2D eigenvalue weighted by molar-refractivity contribution is 6.00. The van der Waals surface area contributed by atoms with Crippen LogP contribution in [0.3, 0.4) is 0 Å². The molecular weight excluding hydrogens is 243 g/mol. The maximum Gasteiger partial charge on any atom is 0.445 e. The fourth-order valence-electron chi connectivity index (χ4n) is 0.623. The Morgan fingerprint density at radius 3 is 1.44 bits per heavy atom. The zero-order chi connectivity index (χ0) is 13.3. The summed E-state index contributed by atoms with van der Waals surface area (Å²) in [4.78, 5) is 20.7. The van der Waals surface area contributed by atoms with Crippen LogP contribution in [-0.2, 0) is 9.59 Å². The normalized spacial score (nSPS) is 14.4. The van der Waals surface area contributed by atoms with Crippen molar-refractivity contribution < 1.29 is 41.8 Å². The summed E-state index contributed by atoms with van der Waals surface area (Å²) in [7, 11) is 0. The summed E-state index contributed by atoms with van der Waals surface area (Å²) in [5, 5.41) is 16.6. The first-order valence-corrected chi connectivity index (χ1v) is 3.55. The summed E-state index contributed by atoms with van der Waals surface area (Å²) in [6.45, 7) is 0.109. The van der Waals surface area contributed by atoms with E-state index in [0.29, 0.717) is 0 Å². The number of rotatable bonds is 3. The van der Waals surface area contributed by atoms with Gasteiger partial charge >= 0.3 is 18.1 Å². The SMILES string of the molecule is CC(C(=O)O)(C(=O)O)C(F)=C(F)C(F)(F)F. The number of hydrogen-bond donors (Lipinski definition) is 2. The van der Waals surface area contributed by atoms with Gasteiger partial charge in [0, 0.05) is 0 Å². The van der Waals surface area contributed by atoms with Gasteiger partial charge in [-0.05, 0) is 6.92 Å². The van der Waals surface area contributed by atoms with Crippen LogP contribution in [0.15, 0.2) is 11.7 Å². The molecular formula is C7H5F5O4. The van der Waals surface area contributed by atoms with Crippen LogP contribution in [-0.4, -0.2) is 28.3 Å². The molecule has 92 valence electrons. The second-order valence-electron chi connectivity index (χ2n) is 2.86. The molecule has 0 aliphatic heterocycles. The van der Waals surface area contributed by atoms with E-state index in [4.69, 9.17) is 10.2 Å². The second-order valence-corrected chi connectivity index (χ2v) is 2.86. The van der Waals surface area contributed by atoms with E-state index in [2.05, 4.69) is 0 Å². The molecule has 0 rings (SSSR count). The van der Waals surface area contributed by atoms with E-state index in [9.17, 15) is 31.5 Å². The van der Waals surface area contributed by atoms with E-state index in [-0.39, 0.29) is 6.92 Å². The minimum atomic E-state index is -5.78. The third-order valence-corrected chi connectivity index (χ3v) is 1.74.